The minimum absolute atomic E-state index is 0.0448. The molecule has 2 amide bonds. The first-order valence-corrected chi connectivity index (χ1v) is 11.9. The molecule has 1 aromatic heterocycles. The summed E-state index contributed by atoms with van der Waals surface area (Å²) >= 11 is 0. The van der Waals surface area contributed by atoms with Gasteiger partial charge in [0.1, 0.15) is 5.82 Å². The van der Waals surface area contributed by atoms with Crippen LogP contribution in [0.3, 0.4) is 0 Å². The third-order valence-electron chi connectivity index (χ3n) is 6.42. The van der Waals surface area contributed by atoms with Gasteiger partial charge in [0, 0.05) is 37.8 Å². The fourth-order valence-electron chi connectivity index (χ4n) is 4.55. The van der Waals surface area contributed by atoms with Gasteiger partial charge in [0.2, 0.25) is 5.91 Å². The number of anilines is 1. The maximum Gasteiger partial charge on any atom is 0.254 e. The maximum atomic E-state index is 13.2. The molecule has 4 aromatic rings. The fourth-order valence-corrected chi connectivity index (χ4v) is 4.55. The first-order chi connectivity index (χ1) is 17.0. The fraction of sp³-hybridized carbons (Fsp3) is 0.250. The van der Waals surface area contributed by atoms with Crippen LogP contribution < -0.4 is 5.32 Å². The van der Waals surface area contributed by atoms with Gasteiger partial charge in [-0.2, -0.15) is 5.10 Å². The van der Waals surface area contributed by atoms with Crippen molar-refractivity contribution >= 4 is 28.4 Å². The summed E-state index contributed by atoms with van der Waals surface area (Å²) in [5.41, 5.74) is 3.64. The van der Waals surface area contributed by atoms with E-state index in [9.17, 15) is 9.59 Å². The van der Waals surface area contributed by atoms with Crippen molar-refractivity contribution < 1.29 is 9.59 Å². The van der Waals surface area contributed by atoms with E-state index in [-0.39, 0.29) is 18.4 Å². The van der Waals surface area contributed by atoms with E-state index in [0.717, 1.165) is 27.7 Å². The molecule has 5 rings (SSSR count). The first kappa shape index (κ1) is 22.8. The van der Waals surface area contributed by atoms with Crippen molar-refractivity contribution in [1.29, 1.82) is 0 Å². The number of piperazine rings is 1. The molecule has 178 valence electrons. The normalized spacial score (nSPS) is 14.3. The molecule has 2 heterocycles. The van der Waals surface area contributed by atoms with Crippen molar-refractivity contribution in [3.63, 3.8) is 0 Å². The quantitative estimate of drug-likeness (QED) is 0.481. The maximum absolute atomic E-state index is 13.2. The highest BCUT2D eigenvalue weighted by molar-refractivity contribution is 6.07. The van der Waals surface area contributed by atoms with Gasteiger partial charge in [-0.05, 0) is 42.8 Å². The summed E-state index contributed by atoms with van der Waals surface area (Å²) in [5.74, 6) is 0.608. The van der Waals surface area contributed by atoms with Crippen molar-refractivity contribution in [2.45, 2.75) is 13.8 Å². The topological polar surface area (TPSA) is 70.5 Å². The Morgan fingerprint density at radius 1 is 0.886 bits per heavy atom. The van der Waals surface area contributed by atoms with E-state index in [1.54, 1.807) is 4.68 Å². The molecule has 7 nitrogen and oxygen atoms in total. The molecule has 1 N–H and O–H groups in total. The summed E-state index contributed by atoms with van der Waals surface area (Å²) in [6.45, 7) is 6.71. The summed E-state index contributed by atoms with van der Waals surface area (Å²) in [6, 6.07) is 23.7. The number of aromatic nitrogens is 2. The summed E-state index contributed by atoms with van der Waals surface area (Å²) in [7, 11) is 0. The Labute approximate surface area is 205 Å². The molecule has 1 saturated heterocycles. The lowest BCUT2D eigenvalue weighted by Gasteiger charge is -2.34. The predicted molar refractivity (Wildman–Crippen MR) is 138 cm³/mol. The average Bonchev–Trinajstić information content (AvgIpc) is 3.23. The minimum atomic E-state index is -0.0907. The van der Waals surface area contributed by atoms with Gasteiger partial charge in [-0.1, -0.05) is 54.1 Å². The van der Waals surface area contributed by atoms with E-state index in [2.05, 4.69) is 15.3 Å². The van der Waals surface area contributed by atoms with Crippen LogP contribution in [0.4, 0.5) is 5.82 Å². The first-order valence-electron chi connectivity index (χ1n) is 11.9. The molecule has 1 aliphatic heterocycles. The van der Waals surface area contributed by atoms with Crippen LogP contribution in [0.2, 0.25) is 0 Å². The van der Waals surface area contributed by atoms with Gasteiger partial charge in [0.25, 0.3) is 5.91 Å². The molecule has 0 radical (unpaired) electrons. The number of carbonyl (C=O) groups is 2. The van der Waals surface area contributed by atoms with Gasteiger partial charge in [-0.25, -0.2) is 4.68 Å². The number of fused-ring (bicyclic) bond motifs is 1. The van der Waals surface area contributed by atoms with Crippen molar-refractivity contribution in [2.75, 3.05) is 38.0 Å². The SMILES string of the molecule is Cc1ccc(-n2nc(C)cc2NC(=O)CN2CCN(C(=O)c3cccc4ccccc34)CC2)cc1. The van der Waals surface area contributed by atoms with E-state index in [4.69, 9.17) is 0 Å². The monoisotopic (exact) mass is 467 g/mol. The molecule has 1 aliphatic rings. The third-order valence-corrected chi connectivity index (χ3v) is 6.42. The van der Waals surface area contributed by atoms with E-state index in [1.807, 2.05) is 91.5 Å². The molecule has 0 saturated carbocycles. The summed E-state index contributed by atoms with van der Waals surface area (Å²) in [4.78, 5) is 30.0. The Morgan fingerprint density at radius 2 is 1.60 bits per heavy atom. The molecule has 7 heteroatoms. The number of rotatable bonds is 5. The second-order valence-electron chi connectivity index (χ2n) is 9.06. The molecule has 0 atom stereocenters. The molecule has 0 aliphatic carbocycles. The minimum Gasteiger partial charge on any atom is -0.336 e. The number of carbonyl (C=O) groups excluding carboxylic acids is 2. The molecule has 3 aromatic carbocycles. The Hall–Kier alpha value is -3.97. The third kappa shape index (κ3) is 4.95. The van der Waals surface area contributed by atoms with Crippen LogP contribution in [0.15, 0.2) is 72.8 Å². The lowest BCUT2D eigenvalue weighted by Crippen LogP contribution is -2.50. The smallest absolute Gasteiger partial charge is 0.254 e. The van der Waals surface area contributed by atoms with Crippen LogP contribution in [-0.4, -0.2) is 64.1 Å². The van der Waals surface area contributed by atoms with Gasteiger partial charge in [0.05, 0.1) is 17.9 Å². The Bertz CT molecular complexity index is 1360. The Kier molecular flexibility index (Phi) is 6.33. The summed E-state index contributed by atoms with van der Waals surface area (Å²) in [5, 5.41) is 9.58. The second-order valence-corrected chi connectivity index (χ2v) is 9.06. The number of aryl methyl sites for hydroxylation is 2. The molecular formula is C28H29N5O2. The molecule has 0 bridgehead atoms. The zero-order valence-electron chi connectivity index (χ0n) is 20.1. The van der Waals surface area contributed by atoms with E-state index >= 15 is 0 Å². The Morgan fingerprint density at radius 3 is 2.37 bits per heavy atom. The number of hydrogen-bond donors (Lipinski definition) is 1. The van der Waals surface area contributed by atoms with Crippen molar-refractivity contribution in [1.82, 2.24) is 19.6 Å². The number of nitrogens with zero attached hydrogens (tertiary/aromatic N) is 4. The molecule has 0 spiro atoms. The van der Waals surface area contributed by atoms with Crippen LogP contribution in [0.1, 0.15) is 21.6 Å². The molecule has 0 unspecified atom stereocenters. The molecule has 35 heavy (non-hydrogen) atoms. The van der Waals surface area contributed by atoms with E-state index < -0.39 is 0 Å². The number of nitrogens with one attached hydrogen (secondary N) is 1. The number of hydrogen-bond acceptors (Lipinski definition) is 4. The van der Waals surface area contributed by atoms with Gasteiger partial charge in [-0.15, -0.1) is 0 Å². The van der Waals surface area contributed by atoms with Gasteiger partial charge in [-0.3, -0.25) is 14.5 Å². The average molecular weight is 468 g/mol. The standard InChI is InChI=1S/C28H29N5O2/c1-20-10-12-23(13-11-20)33-26(18-21(2)30-33)29-27(34)19-31-14-16-32(17-15-31)28(35)25-9-5-7-22-6-3-4-8-24(22)25/h3-13,18H,14-17,19H2,1-2H3,(H,29,34). The highest BCUT2D eigenvalue weighted by atomic mass is 16.2. The van der Waals surface area contributed by atoms with Crippen LogP contribution in [-0.2, 0) is 4.79 Å². The number of amides is 2. The predicted octanol–water partition coefficient (Wildman–Crippen LogP) is 4.04. The Balaban J connectivity index is 1.19. The van der Waals surface area contributed by atoms with Crippen LogP contribution in [0.5, 0.6) is 0 Å². The zero-order chi connectivity index (χ0) is 24.4. The molecular weight excluding hydrogens is 438 g/mol. The van der Waals surface area contributed by atoms with Crippen LogP contribution >= 0.6 is 0 Å². The largest absolute Gasteiger partial charge is 0.336 e. The highest BCUT2D eigenvalue weighted by Crippen LogP contribution is 2.21. The van der Waals surface area contributed by atoms with Gasteiger partial charge >= 0.3 is 0 Å². The van der Waals surface area contributed by atoms with Crippen LogP contribution in [0, 0.1) is 13.8 Å². The van der Waals surface area contributed by atoms with Gasteiger partial charge < -0.3 is 10.2 Å². The summed E-state index contributed by atoms with van der Waals surface area (Å²) < 4.78 is 1.76. The zero-order valence-corrected chi connectivity index (χ0v) is 20.1. The van der Waals surface area contributed by atoms with Gasteiger partial charge in [0.15, 0.2) is 0 Å². The lowest BCUT2D eigenvalue weighted by atomic mass is 10.0. The molecule has 1 fully saturated rings. The highest BCUT2D eigenvalue weighted by Gasteiger charge is 2.24. The van der Waals surface area contributed by atoms with E-state index in [0.29, 0.717) is 32.0 Å². The second kappa shape index (κ2) is 9.72. The lowest BCUT2D eigenvalue weighted by molar-refractivity contribution is -0.117. The summed E-state index contributed by atoms with van der Waals surface area (Å²) in [6.07, 6.45) is 0. The van der Waals surface area contributed by atoms with Crippen molar-refractivity contribution in [2.24, 2.45) is 0 Å². The van der Waals surface area contributed by atoms with Crippen molar-refractivity contribution in [3.05, 3.63) is 89.6 Å². The van der Waals surface area contributed by atoms with E-state index in [1.165, 1.54) is 5.56 Å². The number of benzene rings is 3. The van der Waals surface area contributed by atoms with Crippen molar-refractivity contribution in [3.8, 4) is 5.69 Å². The van der Waals surface area contributed by atoms with Crippen LogP contribution in [0.25, 0.3) is 16.5 Å².